The Morgan fingerprint density at radius 1 is 1.00 bits per heavy atom. The van der Waals surface area contributed by atoms with Gasteiger partial charge in [-0.3, -0.25) is 9.59 Å². The highest BCUT2D eigenvalue weighted by Crippen LogP contribution is 2.16. The molecule has 126 valence electrons. The molecule has 0 atom stereocenters. The summed E-state index contributed by atoms with van der Waals surface area (Å²) in [5.41, 5.74) is -0.156. The maximum atomic E-state index is 13.5. The van der Waals surface area contributed by atoms with Gasteiger partial charge in [0.15, 0.2) is 0 Å². The van der Waals surface area contributed by atoms with Gasteiger partial charge in [-0.15, -0.1) is 0 Å². The second-order valence-corrected chi connectivity index (χ2v) is 6.45. The number of hydrogen-bond acceptors (Lipinski definition) is 4. The van der Waals surface area contributed by atoms with Gasteiger partial charge in [-0.05, 0) is 36.4 Å². The van der Waals surface area contributed by atoms with Crippen molar-refractivity contribution >= 4 is 27.5 Å². The van der Waals surface area contributed by atoms with Gasteiger partial charge in [0.1, 0.15) is 11.6 Å². The zero-order chi connectivity index (χ0) is 17.9. The maximum Gasteiger partial charge on any atom is 0.264 e. The Morgan fingerprint density at radius 2 is 1.62 bits per heavy atom. The molecule has 0 aliphatic carbocycles. The van der Waals surface area contributed by atoms with Crippen molar-refractivity contribution in [3.05, 3.63) is 59.7 Å². The van der Waals surface area contributed by atoms with Crippen LogP contribution >= 0.6 is 0 Å². The van der Waals surface area contributed by atoms with Crippen molar-refractivity contribution in [2.24, 2.45) is 0 Å². The molecule has 2 rings (SSSR count). The second-order valence-electron chi connectivity index (χ2n) is 4.76. The number of halogens is 2. The first-order valence-electron chi connectivity index (χ1n) is 6.59. The lowest BCUT2D eigenvalue weighted by Gasteiger charge is -2.08. The van der Waals surface area contributed by atoms with Crippen LogP contribution in [-0.4, -0.2) is 20.2 Å². The SMILES string of the molecule is CC(=O)NS(=O)(=O)c1ccc(NC(=O)c2ccc(F)cc2F)cc1. The number of hydrogen-bond donors (Lipinski definition) is 2. The minimum atomic E-state index is -3.98. The predicted molar refractivity (Wildman–Crippen MR) is 81.8 cm³/mol. The molecule has 0 spiro atoms. The Labute approximate surface area is 136 Å². The van der Waals surface area contributed by atoms with Crippen molar-refractivity contribution < 1.29 is 26.8 Å². The van der Waals surface area contributed by atoms with Crippen molar-refractivity contribution in [3.63, 3.8) is 0 Å². The average molecular weight is 354 g/mol. The molecule has 0 aliphatic rings. The topological polar surface area (TPSA) is 92.3 Å². The Bertz CT molecular complexity index is 896. The van der Waals surface area contributed by atoms with Crippen molar-refractivity contribution in [3.8, 4) is 0 Å². The van der Waals surface area contributed by atoms with E-state index in [9.17, 15) is 26.8 Å². The maximum absolute atomic E-state index is 13.5. The van der Waals surface area contributed by atoms with Crippen LogP contribution in [0.15, 0.2) is 47.4 Å². The molecule has 0 saturated carbocycles. The van der Waals surface area contributed by atoms with Crippen LogP contribution in [0.25, 0.3) is 0 Å². The minimum Gasteiger partial charge on any atom is -0.322 e. The molecule has 0 heterocycles. The smallest absolute Gasteiger partial charge is 0.264 e. The third-order valence-electron chi connectivity index (χ3n) is 2.88. The highest BCUT2D eigenvalue weighted by atomic mass is 32.2. The Kier molecular flexibility index (Phi) is 4.93. The van der Waals surface area contributed by atoms with Gasteiger partial charge >= 0.3 is 0 Å². The fourth-order valence-electron chi connectivity index (χ4n) is 1.84. The van der Waals surface area contributed by atoms with Gasteiger partial charge in [-0.1, -0.05) is 0 Å². The average Bonchev–Trinajstić information content (AvgIpc) is 2.46. The highest BCUT2D eigenvalue weighted by Gasteiger charge is 2.16. The van der Waals surface area contributed by atoms with Crippen molar-refractivity contribution in [2.75, 3.05) is 5.32 Å². The number of rotatable bonds is 4. The van der Waals surface area contributed by atoms with E-state index < -0.39 is 33.5 Å². The fourth-order valence-corrected chi connectivity index (χ4v) is 2.83. The lowest BCUT2D eigenvalue weighted by atomic mass is 10.2. The molecule has 0 aliphatic heterocycles. The number of benzene rings is 2. The molecule has 2 N–H and O–H groups in total. The van der Waals surface area contributed by atoms with Crippen LogP contribution in [-0.2, 0) is 14.8 Å². The highest BCUT2D eigenvalue weighted by molar-refractivity contribution is 7.90. The summed E-state index contributed by atoms with van der Waals surface area (Å²) >= 11 is 0. The van der Waals surface area contributed by atoms with E-state index in [-0.39, 0.29) is 16.1 Å². The molecule has 2 amide bonds. The van der Waals surface area contributed by atoms with Crippen LogP contribution in [0.2, 0.25) is 0 Å². The van der Waals surface area contributed by atoms with E-state index in [1.54, 1.807) is 4.72 Å². The van der Waals surface area contributed by atoms with E-state index in [0.29, 0.717) is 6.07 Å². The molecule has 0 unspecified atom stereocenters. The second kappa shape index (κ2) is 6.75. The van der Waals surface area contributed by atoms with Gasteiger partial charge in [0.2, 0.25) is 5.91 Å². The molecular formula is C15H12F2N2O4S. The first-order chi connectivity index (χ1) is 11.2. The normalized spacial score (nSPS) is 11.0. The fraction of sp³-hybridized carbons (Fsp3) is 0.0667. The number of anilines is 1. The van der Waals surface area contributed by atoms with E-state index in [0.717, 1.165) is 19.1 Å². The van der Waals surface area contributed by atoms with Crippen LogP contribution in [0.3, 0.4) is 0 Å². The lowest BCUT2D eigenvalue weighted by Crippen LogP contribution is -2.28. The molecule has 6 nitrogen and oxygen atoms in total. The van der Waals surface area contributed by atoms with Crippen LogP contribution in [0.1, 0.15) is 17.3 Å². The third kappa shape index (κ3) is 4.13. The number of nitrogens with one attached hydrogen (secondary N) is 2. The van der Waals surface area contributed by atoms with Crippen molar-refractivity contribution in [1.29, 1.82) is 0 Å². The van der Waals surface area contributed by atoms with E-state index in [4.69, 9.17) is 0 Å². The van der Waals surface area contributed by atoms with Gasteiger partial charge in [-0.25, -0.2) is 21.9 Å². The third-order valence-corrected chi connectivity index (χ3v) is 4.33. The molecule has 0 radical (unpaired) electrons. The van der Waals surface area contributed by atoms with Crippen LogP contribution in [0.5, 0.6) is 0 Å². The largest absolute Gasteiger partial charge is 0.322 e. The molecule has 2 aromatic rings. The molecule has 24 heavy (non-hydrogen) atoms. The number of carbonyl (C=O) groups excluding carboxylic acids is 2. The van der Waals surface area contributed by atoms with E-state index in [1.165, 1.54) is 24.3 Å². The Balaban J connectivity index is 2.17. The van der Waals surface area contributed by atoms with Crippen LogP contribution in [0, 0.1) is 11.6 Å². The molecule has 0 fully saturated rings. The number of carbonyl (C=O) groups is 2. The number of amides is 2. The predicted octanol–water partition coefficient (Wildman–Crippen LogP) is 2.04. The molecule has 0 bridgehead atoms. The lowest BCUT2D eigenvalue weighted by molar-refractivity contribution is -0.117. The monoisotopic (exact) mass is 354 g/mol. The summed E-state index contributed by atoms with van der Waals surface area (Å²) in [7, 11) is -3.98. The van der Waals surface area contributed by atoms with Gasteiger partial charge in [0.25, 0.3) is 15.9 Å². The van der Waals surface area contributed by atoms with Crippen LogP contribution in [0.4, 0.5) is 14.5 Å². The summed E-state index contributed by atoms with van der Waals surface area (Å²) in [5.74, 6) is -3.38. The van der Waals surface area contributed by atoms with E-state index in [1.807, 2.05) is 0 Å². The Hall–Kier alpha value is -2.81. The van der Waals surface area contributed by atoms with Gasteiger partial charge < -0.3 is 5.32 Å². The van der Waals surface area contributed by atoms with E-state index in [2.05, 4.69) is 5.32 Å². The number of sulfonamides is 1. The molecule has 9 heteroatoms. The van der Waals surface area contributed by atoms with Gasteiger partial charge in [0, 0.05) is 18.7 Å². The first-order valence-corrected chi connectivity index (χ1v) is 8.07. The van der Waals surface area contributed by atoms with Crippen molar-refractivity contribution in [1.82, 2.24) is 4.72 Å². The summed E-state index contributed by atoms with van der Waals surface area (Å²) in [6, 6.07) is 7.40. The summed E-state index contributed by atoms with van der Waals surface area (Å²) in [4.78, 5) is 22.6. The summed E-state index contributed by atoms with van der Waals surface area (Å²) < 4.78 is 51.7. The zero-order valence-corrected chi connectivity index (χ0v) is 13.2. The molecule has 2 aromatic carbocycles. The summed E-state index contributed by atoms with van der Waals surface area (Å²) in [5, 5.41) is 2.35. The van der Waals surface area contributed by atoms with Gasteiger partial charge in [0.05, 0.1) is 10.5 Å². The molecular weight excluding hydrogens is 342 g/mol. The Morgan fingerprint density at radius 3 is 2.17 bits per heavy atom. The zero-order valence-electron chi connectivity index (χ0n) is 12.3. The summed E-state index contributed by atoms with van der Waals surface area (Å²) in [6.45, 7) is 1.06. The van der Waals surface area contributed by atoms with Gasteiger partial charge in [-0.2, -0.15) is 0 Å². The first kappa shape index (κ1) is 17.5. The van der Waals surface area contributed by atoms with Crippen LogP contribution < -0.4 is 10.0 Å². The summed E-state index contributed by atoms with van der Waals surface area (Å²) in [6.07, 6.45) is 0. The van der Waals surface area contributed by atoms with Crippen molar-refractivity contribution in [2.45, 2.75) is 11.8 Å². The quantitative estimate of drug-likeness (QED) is 0.879. The standard InChI is InChI=1S/C15H12F2N2O4S/c1-9(20)19-24(22,23)12-5-3-11(4-6-12)18-15(21)13-7-2-10(16)8-14(13)17/h2-8H,1H3,(H,18,21)(H,19,20). The minimum absolute atomic E-state index is 0.177. The van der Waals surface area contributed by atoms with E-state index >= 15 is 0 Å². The molecule has 0 saturated heterocycles. The molecule has 0 aromatic heterocycles.